The molecule has 2 rings (SSSR count). The van der Waals surface area contributed by atoms with Crippen LogP contribution in [0.2, 0.25) is 0 Å². The van der Waals surface area contributed by atoms with Gasteiger partial charge in [0, 0.05) is 18.4 Å². The Hall–Kier alpha value is -2.67. The van der Waals surface area contributed by atoms with Gasteiger partial charge in [-0.2, -0.15) is 0 Å². The fourth-order valence-electron chi connectivity index (χ4n) is 2.32. The summed E-state index contributed by atoms with van der Waals surface area (Å²) in [5.74, 6) is -0.0115. The molecule has 0 fully saturated rings. The summed E-state index contributed by atoms with van der Waals surface area (Å²) in [5.41, 5.74) is -0.444. The summed E-state index contributed by atoms with van der Waals surface area (Å²) in [6.45, 7) is 8.21. The Labute approximate surface area is 165 Å². The monoisotopic (exact) mass is 388 g/mol. The van der Waals surface area contributed by atoms with Gasteiger partial charge in [0.15, 0.2) is 17.3 Å². The number of carbonyl (C=O) groups is 2. The van der Waals surface area contributed by atoms with Crippen molar-refractivity contribution in [3.05, 3.63) is 41.9 Å². The van der Waals surface area contributed by atoms with E-state index in [1.165, 1.54) is 6.92 Å². The maximum Gasteiger partial charge on any atom is 0.340 e. The van der Waals surface area contributed by atoms with Crippen molar-refractivity contribution in [2.24, 2.45) is 0 Å². The number of esters is 1. The van der Waals surface area contributed by atoms with Gasteiger partial charge in [-0.3, -0.25) is 4.79 Å². The summed E-state index contributed by atoms with van der Waals surface area (Å²) < 4.78 is 10.8. The fourth-order valence-corrected chi connectivity index (χ4v) is 2.32. The molecule has 2 N–H and O–H groups in total. The van der Waals surface area contributed by atoms with E-state index >= 15 is 0 Å². The lowest BCUT2D eigenvalue weighted by atomic mass is 10.1. The highest BCUT2D eigenvalue weighted by Gasteiger charge is 2.35. The second-order valence-electron chi connectivity index (χ2n) is 8.04. The predicted octanol–water partition coefficient (Wildman–Crippen LogP) is 2.79. The van der Waals surface area contributed by atoms with Crippen LogP contribution >= 0.6 is 0 Å². The summed E-state index contributed by atoms with van der Waals surface area (Å²) in [6, 6.07) is 7.87. The van der Waals surface area contributed by atoms with E-state index in [1.54, 1.807) is 27.0 Å². The topological polar surface area (TPSA) is 102 Å². The summed E-state index contributed by atoms with van der Waals surface area (Å²) in [7, 11) is 0. The first kappa shape index (κ1) is 21.6. The maximum absolute atomic E-state index is 12.0. The molecule has 1 unspecified atom stereocenters. The van der Waals surface area contributed by atoms with Crippen molar-refractivity contribution >= 4 is 11.9 Å². The molecular formula is C21H28N2O5. The van der Waals surface area contributed by atoms with Gasteiger partial charge < -0.3 is 19.6 Å². The zero-order chi connectivity index (χ0) is 20.9. The zero-order valence-electron chi connectivity index (χ0n) is 17.0. The molecule has 0 radical (unpaired) electrons. The number of nitrogens with one attached hydrogen (secondary N) is 1. The van der Waals surface area contributed by atoms with Crippen LogP contribution < -0.4 is 5.32 Å². The molecule has 28 heavy (non-hydrogen) atoms. The minimum Gasteiger partial charge on any atom is -0.458 e. The Morgan fingerprint density at radius 1 is 1.18 bits per heavy atom. The Bertz CT molecular complexity index is 816. The normalized spacial score (nSPS) is 13.6. The molecule has 7 heteroatoms. The number of aromatic nitrogens is 1. The number of rotatable bonds is 7. The van der Waals surface area contributed by atoms with E-state index in [4.69, 9.17) is 9.15 Å². The number of aryl methyl sites for hydroxylation is 2. The van der Waals surface area contributed by atoms with Gasteiger partial charge in [0.05, 0.1) is 12.7 Å². The Morgan fingerprint density at radius 3 is 2.43 bits per heavy atom. The fraction of sp³-hybridized carbons (Fsp3) is 0.476. The van der Waals surface area contributed by atoms with Crippen molar-refractivity contribution in [2.75, 3.05) is 6.54 Å². The lowest BCUT2D eigenvalue weighted by Crippen LogP contribution is -2.49. The highest BCUT2D eigenvalue weighted by Crippen LogP contribution is 2.21. The van der Waals surface area contributed by atoms with E-state index in [1.807, 2.05) is 31.2 Å². The minimum atomic E-state index is -1.80. The molecule has 0 aliphatic carbocycles. The van der Waals surface area contributed by atoms with Gasteiger partial charge in [-0.15, -0.1) is 0 Å². The molecule has 1 amide bonds. The van der Waals surface area contributed by atoms with E-state index in [-0.39, 0.29) is 18.9 Å². The van der Waals surface area contributed by atoms with Crippen LogP contribution in [0, 0.1) is 6.92 Å². The van der Waals surface area contributed by atoms with Gasteiger partial charge in [-0.25, -0.2) is 9.78 Å². The molecule has 1 heterocycles. The van der Waals surface area contributed by atoms with Crippen molar-refractivity contribution < 1.29 is 23.8 Å². The van der Waals surface area contributed by atoms with Crippen LogP contribution in [0.25, 0.3) is 11.3 Å². The zero-order valence-corrected chi connectivity index (χ0v) is 17.0. The van der Waals surface area contributed by atoms with E-state index in [0.29, 0.717) is 18.1 Å². The van der Waals surface area contributed by atoms with E-state index in [0.717, 1.165) is 11.1 Å². The second-order valence-corrected chi connectivity index (χ2v) is 8.04. The lowest BCUT2D eigenvalue weighted by molar-refractivity contribution is -0.174. The van der Waals surface area contributed by atoms with Crippen LogP contribution in [0.3, 0.4) is 0 Å². The number of hydrogen-bond acceptors (Lipinski definition) is 6. The summed E-state index contributed by atoms with van der Waals surface area (Å²) in [4.78, 5) is 28.2. The van der Waals surface area contributed by atoms with Crippen LogP contribution in [-0.4, -0.2) is 39.7 Å². The molecule has 0 aliphatic rings. The molecule has 7 nitrogen and oxygen atoms in total. The Balaban J connectivity index is 1.83. The molecule has 1 aromatic heterocycles. The number of oxazole rings is 1. The first-order chi connectivity index (χ1) is 13.0. The number of nitrogens with zero attached hydrogens (tertiary/aromatic N) is 1. The van der Waals surface area contributed by atoms with E-state index in [2.05, 4.69) is 10.3 Å². The molecule has 0 saturated carbocycles. The van der Waals surface area contributed by atoms with Gasteiger partial charge in [-0.05, 0) is 34.6 Å². The van der Waals surface area contributed by atoms with Gasteiger partial charge >= 0.3 is 5.97 Å². The molecule has 0 aliphatic heterocycles. The Kier molecular flexibility index (Phi) is 6.61. The second kappa shape index (κ2) is 8.56. The van der Waals surface area contributed by atoms with Crippen molar-refractivity contribution in [2.45, 2.75) is 58.7 Å². The third-order valence-corrected chi connectivity index (χ3v) is 3.92. The van der Waals surface area contributed by atoms with Crippen molar-refractivity contribution in [1.82, 2.24) is 10.3 Å². The molecule has 2 aromatic rings. The third kappa shape index (κ3) is 6.49. The van der Waals surface area contributed by atoms with Gasteiger partial charge in [0.25, 0.3) is 0 Å². The summed E-state index contributed by atoms with van der Waals surface area (Å²) >= 11 is 0. The SMILES string of the molecule is Cc1ccc(-c2cnc(CCC(=O)NCC(C)(O)C(=O)OC(C)(C)C)o2)cc1. The van der Waals surface area contributed by atoms with Gasteiger partial charge in [0.2, 0.25) is 5.91 Å². The van der Waals surface area contributed by atoms with Crippen LogP contribution in [0.1, 0.15) is 45.6 Å². The predicted molar refractivity (Wildman–Crippen MR) is 104 cm³/mol. The minimum absolute atomic E-state index is 0.123. The highest BCUT2D eigenvalue weighted by molar-refractivity contribution is 5.81. The number of ether oxygens (including phenoxy) is 1. The number of amides is 1. The van der Waals surface area contributed by atoms with Crippen molar-refractivity contribution in [1.29, 1.82) is 0 Å². The molecule has 1 atom stereocenters. The van der Waals surface area contributed by atoms with Crippen LogP contribution in [0.15, 0.2) is 34.9 Å². The average molecular weight is 388 g/mol. The Morgan fingerprint density at radius 2 is 1.82 bits per heavy atom. The first-order valence-corrected chi connectivity index (χ1v) is 9.20. The third-order valence-electron chi connectivity index (χ3n) is 3.92. The quantitative estimate of drug-likeness (QED) is 0.707. The molecular weight excluding hydrogens is 360 g/mol. The molecule has 1 aromatic carbocycles. The van der Waals surface area contributed by atoms with Crippen LogP contribution in [-0.2, 0) is 20.7 Å². The van der Waals surface area contributed by atoms with Crippen LogP contribution in [0.5, 0.6) is 0 Å². The number of hydrogen-bond donors (Lipinski definition) is 2. The van der Waals surface area contributed by atoms with Gasteiger partial charge in [0.1, 0.15) is 5.60 Å². The number of aliphatic hydroxyl groups is 1. The van der Waals surface area contributed by atoms with Gasteiger partial charge in [-0.1, -0.05) is 29.8 Å². The molecule has 0 spiro atoms. The highest BCUT2D eigenvalue weighted by atomic mass is 16.6. The van der Waals surface area contributed by atoms with E-state index in [9.17, 15) is 14.7 Å². The lowest BCUT2D eigenvalue weighted by Gasteiger charge is -2.27. The first-order valence-electron chi connectivity index (χ1n) is 9.20. The van der Waals surface area contributed by atoms with Crippen molar-refractivity contribution in [3.8, 4) is 11.3 Å². The van der Waals surface area contributed by atoms with E-state index < -0.39 is 17.2 Å². The molecule has 0 bridgehead atoms. The smallest absolute Gasteiger partial charge is 0.340 e. The standard InChI is InChI=1S/C21H28N2O5/c1-14-6-8-15(9-7-14)16-12-22-18(27-16)11-10-17(24)23-13-21(5,26)19(25)28-20(2,3)4/h6-9,12,26H,10-11,13H2,1-5H3,(H,23,24). The number of benzene rings is 1. The maximum atomic E-state index is 12.0. The van der Waals surface area contributed by atoms with Crippen molar-refractivity contribution in [3.63, 3.8) is 0 Å². The van der Waals surface area contributed by atoms with Crippen LogP contribution in [0.4, 0.5) is 0 Å². The summed E-state index contributed by atoms with van der Waals surface area (Å²) in [5, 5.41) is 12.8. The summed E-state index contributed by atoms with van der Waals surface area (Å²) in [6.07, 6.45) is 2.07. The largest absolute Gasteiger partial charge is 0.458 e. The number of carbonyl (C=O) groups excluding carboxylic acids is 2. The average Bonchev–Trinajstić information content (AvgIpc) is 3.06. The molecule has 152 valence electrons. The molecule has 0 saturated heterocycles.